The van der Waals surface area contributed by atoms with E-state index in [0.29, 0.717) is 0 Å². The summed E-state index contributed by atoms with van der Waals surface area (Å²) >= 11 is 1.61. The molecule has 0 atom stereocenters. The van der Waals surface area contributed by atoms with Gasteiger partial charge in [0, 0.05) is 11.4 Å². The number of amides is 1. The molecule has 108 valence electrons. The summed E-state index contributed by atoms with van der Waals surface area (Å²) in [5.41, 5.74) is 0. The van der Waals surface area contributed by atoms with Crippen molar-refractivity contribution in [2.75, 3.05) is 6.54 Å². The molecule has 0 saturated heterocycles. The molecule has 20 heavy (non-hydrogen) atoms. The van der Waals surface area contributed by atoms with E-state index in [0.717, 1.165) is 30.6 Å². The van der Waals surface area contributed by atoms with E-state index in [9.17, 15) is 9.59 Å². The lowest BCUT2D eigenvalue weighted by Gasteiger charge is -2.27. The van der Waals surface area contributed by atoms with Crippen LogP contribution in [0.5, 0.6) is 0 Å². The summed E-state index contributed by atoms with van der Waals surface area (Å²) < 4.78 is -0.431. The fraction of sp³-hybridized carbons (Fsp3) is 0.467. The Morgan fingerprint density at radius 2 is 1.85 bits per heavy atom. The van der Waals surface area contributed by atoms with Crippen molar-refractivity contribution < 1.29 is 14.7 Å². The highest BCUT2D eigenvalue weighted by molar-refractivity contribution is 8.01. The fourth-order valence-corrected chi connectivity index (χ4v) is 3.88. The lowest BCUT2D eigenvalue weighted by Crippen LogP contribution is -2.43. The van der Waals surface area contributed by atoms with Crippen LogP contribution in [-0.4, -0.2) is 28.3 Å². The molecule has 0 bridgehead atoms. The first-order valence-corrected chi connectivity index (χ1v) is 7.68. The van der Waals surface area contributed by atoms with Crippen LogP contribution in [0, 0.1) is 0 Å². The molecule has 0 aromatic heterocycles. The Balaban J connectivity index is 2.01. The molecule has 1 aromatic rings. The van der Waals surface area contributed by atoms with Gasteiger partial charge < -0.3 is 10.4 Å². The number of hydrogen-bond donors (Lipinski definition) is 2. The highest BCUT2D eigenvalue weighted by Crippen LogP contribution is 2.45. The Morgan fingerprint density at radius 3 is 2.45 bits per heavy atom. The van der Waals surface area contributed by atoms with Crippen molar-refractivity contribution in [3.8, 4) is 0 Å². The molecule has 5 heteroatoms. The standard InChI is InChI=1S/C15H19NO3S/c17-13(18)8-11-16-14(19)15(9-4-5-10-15)20-12-6-2-1-3-7-12/h1-3,6-7H,4-5,8-11H2,(H,16,19)(H,17,18). The number of aliphatic carboxylic acids is 1. The summed E-state index contributed by atoms with van der Waals surface area (Å²) in [6, 6.07) is 9.91. The van der Waals surface area contributed by atoms with Crippen LogP contribution >= 0.6 is 11.8 Å². The van der Waals surface area contributed by atoms with E-state index in [-0.39, 0.29) is 18.9 Å². The van der Waals surface area contributed by atoms with Crippen molar-refractivity contribution in [2.45, 2.75) is 41.7 Å². The molecule has 0 aliphatic heterocycles. The monoisotopic (exact) mass is 293 g/mol. The van der Waals surface area contributed by atoms with Crippen LogP contribution in [0.25, 0.3) is 0 Å². The number of carbonyl (C=O) groups is 2. The van der Waals surface area contributed by atoms with Gasteiger partial charge in [-0.2, -0.15) is 0 Å². The van der Waals surface area contributed by atoms with Crippen molar-refractivity contribution in [2.24, 2.45) is 0 Å². The summed E-state index contributed by atoms with van der Waals surface area (Å²) in [6.07, 6.45) is 3.77. The number of thioether (sulfide) groups is 1. The number of benzene rings is 1. The van der Waals surface area contributed by atoms with Crippen molar-refractivity contribution in [1.82, 2.24) is 5.32 Å². The molecule has 1 aliphatic carbocycles. The third kappa shape index (κ3) is 3.76. The Morgan fingerprint density at radius 1 is 1.20 bits per heavy atom. The maximum absolute atomic E-state index is 12.4. The topological polar surface area (TPSA) is 66.4 Å². The molecule has 0 radical (unpaired) electrons. The average Bonchev–Trinajstić information content (AvgIpc) is 2.89. The van der Waals surface area contributed by atoms with Gasteiger partial charge in [-0.25, -0.2) is 0 Å². The SMILES string of the molecule is O=C(O)CCNC(=O)C1(Sc2ccccc2)CCCC1. The highest BCUT2D eigenvalue weighted by Gasteiger charge is 2.41. The van der Waals surface area contributed by atoms with Gasteiger partial charge in [0.25, 0.3) is 0 Å². The van der Waals surface area contributed by atoms with Crippen LogP contribution in [0.4, 0.5) is 0 Å². The molecule has 1 amide bonds. The van der Waals surface area contributed by atoms with Crippen LogP contribution in [0.15, 0.2) is 35.2 Å². The third-order valence-corrected chi connectivity index (χ3v) is 5.00. The number of carbonyl (C=O) groups excluding carboxylic acids is 1. The summed E-state index contributed by atoms with van der Waals surface area (Å²) in [4.78, 5) is 24.0. The minimum absolute atomic E-state index is 0.0231. The minimum Gasteiger partial charge on any atom is -0.481 e. The molecule has 0 heterocycles. The maximum Gasteiger partial charge on any atom is 0.305 e. The second-order valence-corrected chi connectivity index (χ2v) is 6.47. The van der Waals surface area contributed by atoms with E-state index in [4.69, 9.17) is 5.11 Å². The number of carboxylic acid groups (broad SMARTS) is 1. The van der Waals surface area contributed by atoms with Gasteiger partial charge >= 0.3 is 5.97 Å². The van der Waals surface area contributed by atoms with Gasteiger partial charge in [0.15, 0.2) is 0 Å². The second kappa shape index (κ2) is 6.79. The Bertz CT molecular complexity index is 469. The van der Waals surface area contributed by atoms with Crippen molar-refractivity contribution in [3.05, 3.63) is 30.3 Å². The van der Waals surface area contributed by atoms with E-state index < -0.39 is 10.7 Å². The lowest BCUT2D eigenvalue weighted by molar-refractivity contribution is -0.137. The van der Waals surface area contributed by atoms with Crippen molar-refractivity contribution in [1.29, 1.82) is 0 Å². The van der Waals surface area contributed by atoms with Gasteiger partial charge in [-0.05, 0) is 25.0 Å². The van der Waals surface area contributed by atoms with Crippen LogP contribution in [0.1, 0.15) is 32.1 Å². The van der Waals surface area contributed by atoms with Gasteiger partial charge in [-0.3, -0.25) is 9.59 Å². The van der Waals surface area contributed by atoms with Gasteiger partial charge in [0.05, 0.1) is 11.2 Å². The molecule has 4 nitrogen and oxygen atoms in total. The first kappa shape index (κ1) is 14.9. The minimum atomic E-state index is -0.888. The molecule has 0 spiro atoms. The molecule has 1 saturated carbocycles. The zero-order chi connectivity index (χ0) is 14.4. The fourth-order valence-electron chi connectivity index (χ4n) is 2.48. The van der Waals surface area contributed by atoms with Gasteiger partial charge in [-0.15, -0.1) is 11.8 Å². The first-order chi connectivity index (χ1) is 9.62. The number of carboxylic acids is 1. The summed E-state index contributed by atoms with van der Waals surface area (Å²) in [6.45, 7) is 0.200. The van der Waals surface area contributed by atoms with Crippen LogP contribution < -0.4 is 5.32 Å². The Labute approximate surface area is 123 Å². The van der Waals surface area contributed by atoms with Crippen LogP contribution in [0.3, 0.4) is 0 Å². The van der Waals surface area contributed by atoms with Crippen LogP contribution in [-0.2, 0) is 9.59 Å². The van der Waals surface area contributed by atoms with Gasteiger partial charge in [0.1, 0.15) is 0 Å². The molecule has 2 N–H and O–H groups in total. The summed E-state index contributed by atoms with van der Waals surface area (Å²) in [7, 11) is 0. The van der Waals surface area contributed by atoms with Crippen molar-refractivity contribution >= 4 is 23.6 Å². The molecular weight excluding hydrogens is 274 g/mol. The molecule has 1 aromatic carbocycles. The zero-order valence-electron chi connectivity index (χ0n) is 11.3. The predicted octanol–water partition coefficient (Wildman–Crippen LogP) is 2.68. The largest absolute Gasteiger partial charge is 0.481 e. The smallest absolute Gasteiger partial charge is 0.305 e. The quantitative estimate of drug-likeness (QED) is 0.846. The predicted molar refractivity (Wildman–Crippen MR) is 78.8 cm³/mol. The lowest BCUT2D eigenvalue weighted by atomic mass is 10.1. The van der Waals surface area contributed by atoms with E-state index in [1.807, 2.05) is 30.3 Å². The van der Waals surface area contributed by atoms with E-state index in [1.165, 1.54) is 0 Å². The molecule has 0 unspecified atom stereocenters. The molecule has 2 rings (SSSR count). The third-order valence-electron chi connectivity index (χ3n) is 3.51. The number of rotatable bonds is 6. The van der Waals surface area contributed by atoms with Gasteiger partial charge in [-0.1, -0.05) is 31.0 Å². The Kier molecular flexibility index (Phi) is 5.06. The molecule has 1 fully saturated rings. The normalized spacial score (nSPS) is 16.8. The molecular formula is C15H19NO3S. The van der Waals surface area contributed by atoms with Crippen molar-refractivity contribution in [3.63, 3.8) is 0 Å². The van der Waals surface area contributed by atoms with E-state index >= 15 is 0 Å². The number of hydrogen-bond acceptors (Lipinski definition) is 3. The maximum atomic E-state index is 12.4. The summed E-state index contributed by atoms with van der Waals surface area (Å²) in [5.74, 6) is -0.911. The molecule has 1 aliphatic rings. The van der Waals surface area contributed by atoms with E-state index in [2.05, 4.69) is 5.32 Å². The second-order valence-electron chi connectivity index (χ2n) is 5.02. The zero-order valence-corrected chi connectivity index (χ0v) is 12.1. The summed E-state index contributed by atoms with van der Waals surface area (Å²) in [5, 5.41) is 11.4. The number of nitrogens with one attached hydrogen (secondary N) is 1. The van der Waals surface area contributed by atoms with Crippen LogP contribution in [0.2, 0.25) is 0 Å². The van der Waals surface area contributed by atoms with Gasteiger partial charge in [0.2, 0.25) is 5.91 Å². The van der Waals surface area contributed by atoms with E-state index in [1.54, 1.807) is 11.8 Å². The average molecular weight is 293 g/mol. The Hall–Kier alpha value is -1.49. The highest BCUT2D eigenvalue weighted by atomic mass is 32.2. The first-order valence-electron chi connectivity index (χ1n) is 6.87.